The van der Waals surface area contributed by atoms with Gasteiger partial charge in [0.1, 0.15) is 12.4 Å². The van der Waals surface area contributed by atoms with E-state index in [4.69, 9.17) is 33.8 Å². The maximum Gasteiger partial charge on any atom is 0.275 e. The zero-order valence-electron chi connectivity index (χ0n) is 9.65. The van der Waals surface area contributed by atoms with E-state index in [1.54, 1.807) is 29.6 Å². The van der Waals surface area contributed by atoms with Crippen molar-refractivity contribution in [2.24, 2.45) is 5.84 Å². The summed E-state index contributed by atoms with van der Waals surface area (Å²) in [6.07, 6.45) is 0. The molecule has 1 aromatic heterocycles. The summed E-state index contributed by atoms with van der Waals surface area (Å²) in [5.74, 6) is 5.24. The summed E-state index contributed by atoms with van der Waals surface area (Å²) in [5, 5.41) is 2.79. The van der Waals surface area contributed by atoms with Gasteiger partial charge in [0.05, 0.1) is 9.90 Å². The van der Waals surface area contributed by atoms with Crippen LogP contribution in [0, 0.1) is 0 Å². The first-order chi connectivity index (χ1) is 9.11. The Morgan fingerprint density at radius 2 is 2.16 bits per heavy atom. The molecule has 2 rings (SSSR count). The van der Waals surface area contributed by atoms with E-state index >= 15 is 0 Å². The first-order valence-corrected chi connectivity index (χ1v) is 6.90. The third-order valence-corrected chi connectivity index (χ3v) is 3.86. The van der Waals surface area contributed by atoms with Gasteiger partial charge >= 0.3 is 0 Å². The van der Waals surface area contributed by atoms with E-state index in [-0.39, 0.29) is 12.5 Å². The Morgan fingerprint density at radius 3 is 2.89 bits per heavy atom. The highest BCUT2D eigenvalue weighted by Gasteiger charge is 2.13. The molecule has 100 valence electrons. The van der Waals surface area contributed by atoms with Crippen LogP contribution in [0.1, 0.15) is 15.2 Å². The summed E-state index contributed by atoms with van der Waals surface area (Å²) in [5.41, 5.74) is 2.84. The molecule has 0 unspecified atom stereocenters. The van der Waals surface area contributed by atoms with Gasteiger partial charge in [0.2, 0.25) is 0 Å². The van der Waals surface area contributed by atoms with Crippen molar-refractivity contribution in [3.8, 4) is 5.75 Å². The number of nitrogens with two attached hydrogens (primary N) is 1. The van der Waals surface area contributed by atoms with Crippen LogP contribution < -0.4 is 16.0 Å². The molecule has 0 aliphatic carbocycles. The van der Waals surface area contributed by atoms with Gasteiger partial charge in [-0.2, -0.15) is 0 Å². The minimum Gasteiger partial charge on any atom is -0.487 e. The van der Waals surface area contributed by atoms with E-state index in [1.165, 1.54) is 11.3 Å². The second-order valence-corrected chi connectivity index (χ2v) is 5.37. The van der Waals surface area contributed by atoms with Crippen LogP contribution in [0.5, 0.6) is 5.75 Å². The Bertz CT molecular complexity index is 601. The van der Waals surface area contributed by atoms with Crippen molar-refractivity contribution in [3.63, 3.8) is 0 Å². The monoisotopic (exact) mass is 316 g/mol. The summed E-state index contributed by atoms with van der Waals surface area (Å²) < 4.78 is 5.57. The summed E-state index contributed by atoms with van der Waals surface area (Å²) in [6, 6.07) is 6.75. The highest BCUT2D eigenvalue weighted by atomic mass is 35.5. The molecule has 0 saturated heterocycles. The lowest BCUT2D eigenvalue weighted by Gasteiger charge is -2.08. The second kappa shape index (κ2) is 6.25. The van der Waals surface area contributed by atoms with Crippen LogP contribution in [0.3, 0.4) is 0 Å². The maximum absolute atomic E-state index is 11.5. The zero-order valence-corrected chi connectivity index (χ0v) is 12.0. The quantitative estimate of drug-likeness (QED) is 0.517. The highest BCUT2D eigenvalue weighted by molar-refractivity contribution is 7.12. The van der Waals surface area contributed by atoms with Gasteiger partial charge in [-0.1, -0.05) is 23.2 Å². The third-order valence-electron chi connectivity index (χ3n) is 2.36. The van der Waals surface area contributed by atoms with E-state index in [0.29, 0.717) is 20.7 Å². The molecule has 2 aromatic rings. The molecule has 0 radical (unpaired) electrons. The SMILES string of the molecule is NNC(=O)c1sccc1COc1cc(Cl)ccc1Cl. The molecule has 1 amide bonds. The van der Waals surface area contributed by atoms with Crippen LogP contribution in [0.25, 0.3) is 0 Å². The van der Waals surface area contributed by atoms with Gasteiger partial charge in [-0.25, -0.2) is 5.84 Å². The van der Waals surface area contributed by atoms with Gasteiger partial charge in [-0.05, 0) is 23.6 Å². The van der Waals surface area contributed by atoms with Crippen LogP contribution >= 0.6 is 34.5 Å². The normalized spacial score (nSPS) is 10.3. The molecule has 0 fully saturated rings. The van der Waals surface area contributed by atoms with E-state index in [0.717, 1.165) is 5.56 Å². The van der Waals surface area contributed by atoms with Crippen LogP contribution in [0.2, 0.25) is 10.0 Å². The lowest BCUT2D eigenvalue weighted by molar-refractivity contribution is 0.0955. The number of benzene rings is 1. The van der Waals surface area contributed by atoms with Crippen molar-refractivity contribution >= 4 is 40.4 Å². The molecular formula is C12H10Cl2N2O2S. The Kier molecular flexibility index (Phi) is 4.66. The molecule has 0 atom stereocenters. The molecule has 4 nitrogen and oxygen atoms in total. The molecule has 3 N–H and O–H groups in total. The number of carbonyl (C=O) groups is 1. The summed E-state index contributed by atoms with van der Waals surface area (Å²) in [4.78, 5) is 12.0. The number of halogens is 2. The maximum atomic E-state index is 11.5. The number of carbonyl (C=O) groups excluding carboxylic acids is 1. The van der Waals surface area contributed by atoms with Gasteiger partial charge < -0.3 is 4.74 Å². The number of nitrogens with one attached hydrogen (secondary N) is 1. The number of rotatable bonds is 4. The summed E-state index contributed by atoms with van der Waals surface area (Å²) in [6.45, 7) is 0.215. The van der Waals surface area contributed by atoms with E-state index in [9.17, 15) is 4.79 Å². The number of nitrogen functional groups attached to an aromatic ring is 1. The number of amides is 1. The Labute approximate surface area is 124 Å². The van der Waals surface area contributed by atoms with Crippen LogP contribution in [0.15, 0.2) is 29.6 Å². The average Bonchev–Trinajstić information content (AvgIpc) is 2.87. The van der Waals surface area contributed by atoms with Gasteiger partial charge in [0.25, 0.3) is 5.91 Å². The first kappa shape index (κ1) is 14.1. The highest BCUT2D eigenvalue weighted by Crippen LogP contribution is 2.29. The molecule has 1 heterocycles. The number of hydrazine groups is 1. The molecule has 0 aliphatic heterocycles. The van der Waals surface area contributed by atoms with Crippen LogP contribution in [-0.2, 0) is 6.61 Å². The molecule has 7 heteroatoms. The smallest absolute Gasteiger partial charge is 0.275 e. The Balaban J connectivity index is 2.13. The van der Waals surface area contributed by atoms with Crippen molar-refractivity contribution in [2.45, 2.75) is 6.61 Å². The van der Waals surface area contributed by atoms with E-state index < -0.39 is 0 Å². The number of hydrogen-bond donors (Lipinski definition) is 2. The van der Waals surface area contributed by atoms with E-state index in [2.05, 4.69) is 5.43 Å². The fraction of sp³-hybridized carbons (Fsp3) is 0.0833. The van der Waals surface area contributed by atoms with Gasteiger partial charge in [-0.15, -0.1) is 11.3 Å². The summed E-state index contributed by atoms with van der Waals surface area (Å²) in [7, 11) is 0. The zero-order chi connectivity index (χ0) is 13.8. The molecule has 0 aliphatic rings. The molecule has 1 aromatic carbocycles. The Morgan fingerprint density at radius 1 is 1.37 bits per heavy atom. The van der Waals surface area contributed by atoms with Gasteiger partial charge in [-0.3, -0.25) is 10.2 Å². The van der Waals surface area contributed by atoms with Crippen LogP contribution in [0.4, 0.5) is 0 Å². The lowest BCUT2D eigenvalue weighted by Crippen LogP contribution is -2.30. The van der Waals surface area contributed by atoms with Gasteiger partial charge in [0, 0.05) is 16.7 Å². The predicted molar refractivity (Wildman–Crippen MR) is 76.8 cm³/mol. The molecule has 19 heavy (non-hydrogen) atoms. The van der Waals surface area contributed by atoms with Crippen molar-refractivity contribution in [3.05, 3.63) is 50.1 Å². The summed E-state index contributed by atoms with van der Waals surface area (Å²) >= 11 is 13.1. The average molecular weight is 317 g/mol. The van der Waals surface area contributed by atoms with Crippen molar-refractivity contribution in [1.29, 1.82) is 0 Å². The molecule has 0 saturated carbocycles. The fourth-order valence-electron chi connectivity index (χ4n) is 1.46. The third kappa shape index (κ3) is 3.39. The standard InChI is InChI=1S/C12H10Cl2N2O2S/c13-8-1-2-9(14)10(5-8)18-6-7-3-4-19-11(7)12(17)16-15/h1-5H,6,15H2,(H,16,17). The lowest BCUT2D eigenvalue weighted by atomic mass is 10.2. The second-order valence-electron chi connectivity index (χ2n) is 3.61. The van der Waals surface area contributed by atoms with Crippen molar-refractivity contribution < 1.29 is 9.53 Å². The van der Waals surface area contributed by atoms with Gasteiger partial charge in [0.15, 0.2) is 0 Å². The number of ether oxygens (including phenoxy) is 1. The molecular weight excluding hydrogens is 307 g/mol. The molecule has 0 spiro atoms. The fourth-order valence-corrected chi connectivity index (χ4v) is 2.60. The van der Waals surface area contributed by atoms with Crippen molar-refractivity contribution in [2.75, 3.05) is 0 Å². The largest absolute Gasteiger partial charge is 0.487 e. The van der Waals surface area contributed by atoms with Crippen LogP contribution in [-0.4, -0.2) is 5.91 Å². The number of thiophene rings is 1. The number of hydrogen-bond acceptors (Lipinski definition) is 4. The van der Waals surface area contributed by atoms with E-state index in [1.807, 2.05) is 0 Å². The topological polar surface area (TPSA) is 64.3 Å². The van der Waals surface area contributed by atoms with Crippen molar-refractivity contribution in [1.82, 2.24) is 5.43 Å². The predicted octanol–water partition coefficient (Wildman–Crippen LogP) is 3.24. The minimum absolute atomic E-state index is 0.215. The molecule has 0 bridgehead atoms. The Hall–Kier alpha value is -1.27. The minimum atomic E-state index is -0.342. The first-order valence-electron chi connectivity index (χ1n) is 5.27.